The Kier molecular flexibility index (Phi) is 4.01. The van der Waals surface area contributed by atoms with Gasteiger partial charge in [0.15, 0.2) is 5.69 Å². The molecule has 1 aromatic heterocycles. The van der Waals surface area contributed by atoms with Gasteiger partial charge in [0.1, 0.15) is 0 Å². The van der Waals surface area contributed by atoms with Gasteiger partial charge in [0.25, 0.3) is 0 Å². The fraction of sp³-hybridized carbons (Fsp3) is 0.417. The van der Waals surface area contributed by atoms with Gasteiger partial charge in [0.05, 0.1) is 11.5 Å². The van der Waals surface area contributed by atoms with Gasteiger partial charge in [-0.05, 0) is 12.5 Å². The number of carbonyl (C=O) groups is 2. The molecule has 0 atom stereocenters. The molecule has 1 amide bonds. The van der Waals surface area contributed by atoms with Crippen LogP contribution in [0.25, 0.3) is 0 Å². The number of pyridine rings is 1. The van der Waals surface area contributed by atoms with E-state index >= 15 is 0 Å². The Morgan fingerprint density at radius 2 is 2.14 bits per heavy atom. The Bertz CT molecular complexity index is 603. The molecule has 1 aromatic rings. The molecule has 9 heteroatoms. The molecule has 2 rings (SSSR count). The van der Waals surface area contributed by atoms with Crippen LogP contribution in [0.3, 0.4) is 0 Å². The minimum Gasteiger partial charge on any atom is -0.477 e. The van der Waals surface area contributed by atoms with Crippen molar-refractivity contribution < 1.29 is 19.6 Å². The minimum atomic E-state index is -1.27. The molecule has 0 radical (unpaired) electrons. The fourth-order valence-electron chi connectivity index (χ4n) is 2.10. The van der Waals surface area contributed by atoms with E-state index in [-0.39, 0.29) is 29.7 Å². The number of likely N-dealkylation sites (N-methyl/N-ethyl adjacent to an activating group) is 1. The van der Waals surface area contributed by atoms with Crippen LogP contribution in [-0.4, -0.2) is 58.5 Å². The average molecular weight is 294 g/mol. The van der Waals surface area contributed by atoms with Crippen LogP contribution in [0.1, 0.15) is 16.9 Å². The van der Waals surface area contributed by atoms with E-state index in [9.17, 15) is 19.7 Å². The zero-order chi connectivity index (χ0) is 15.6. The van der Waals surface area contributed by atoms with Crippen molar-refractivity contribution in [1.82, 2.24) is 9.88 Å². The number of nitrogens with zero attached hydrogens (tertiary/aromatic N) is 4. The molecule has 0 unspecified atom stereocenters. The Morgan fingerprint density at radius 3 is 2.76 bits per heavy atom. The molecule has 9 nitrogen and oxygen atoms in total. The number of rotatable bonds is 3. The highest BCUT2D eigenvalue weighted by molar-refractivity contribution is 5.87. The molecule has 0 saturated carbocycles. The van der Waals surface area contributed by atoms with E-state index < -0.39 is 10.9 Å². The molecule has 1 aliphatic rings. The summed E-state index contributed by atoms with van der Waals surface area (Å²) in [6, 6.07) is 2.18. The maximum Gasteiger partial charge on any atom is 0.354 e. The molecule has 0 aromatic carbocycles. The van der Waals surface area contributed by atoms with Crippen molar-refractivity contribution >= 4 is 23.4 Å². The summed E-state index contributed by atoms with van der Waals surface area (Å²) in [5.74, 6) is -1.54. The first-order valence-corrected chi connectivity index (χ1v) is 6.28. The SMILES string of the molecule is CN1CCCN(c2nc(C(=O)O)ccc2[N+](=O)[O-])CC1=O. The Labute approximate surface area is 119 Å². The molecule has 21 heavy (non-hydrogen) atoms. The van der Waals surface area contributed by atoms with Gasteiger partial charge in [-0.15, -0.1) is 0 Å². The van der Waals surface area contributed by atoms with Crippen molar-refractivity contribution in [3.63, 3.8) is 0 Å². The zero-order valence-electron chi connectivity index (χ0n) is 11.4. The summed E-state index contributed by atoms with van der Waals surface area (Å²) in [6.45, 7) is 0.877. The van der Waals surface area contributed by atoms with Crippen LogP contribution in [0.4, 0.5) is 11.5 Å². The molecule has 0 bridgehead atoms. The second-order valence-corrected chi connectivity index (χ2v) is 4.69. The summed E-state index contributed by atoms with van der Waals surface area (Å²) in [4.78, 5) is 40.1. The van der Waals surface area contributed by atoms with Crippen LogP contribution >= 0.6 is 0 Å². The number of carboxylic acid groups (broad SMARTS) is 1. The second-order valence-electron chi connectivity index (χ2n) is 4.69. The summed E-state index contributed by atoms with van der Waals surface area (Å²) in [6.07, 6.45) is 0.623. The van der Waals surface area contributed by atoms with E-state index in [0.29, 0.717) is 19.5 Å². The number of carbonyl (C=O) groups excluding carboxylic acids is 1. The number of amides is 1. The van der Waals surface area contributed by atoms with Gasteiger partial charge in [-0.3, -0.25) is 14.9 Å². The van der Waals surface area contributed by atoms with Crippen LogP contribution in [0.2, 0.25) is 0 Å². The highest BCUT2D eigenvalue weighted by atomic mass is 16.6. The predicted molar refractivity (Wildman–Crippen MR) is 72.3 cm³/mol. The molecular formula is C12H14N4O5. The number of nitro groups is 1. The van der Waals surface area contributed by atoms with Crippen molar-refractivity contribution in [3.05, 3.63) is 27.9 Å². The van der Waals surface area contributed by atoms with Gasteiger partial charge in [0, 0.05) is 26.2 Å². The van der Waals surface area contributed by atoms with Crippen LogP contribution in [0.5, 0.6) is 0 Å². The summed E-state index contributed by atoms with van der Waals surface area (Å²) in [5, 5.41) is 20.0. The number of hydrogen-bond acceptors (Lipinski definition) is 6. The summed E-state index contributed by atoms with van der Waals surface area (Å²) in [5.41, 5.74) is -0.599. The quantitative estimate of drug-likeness (QED) is 0.631. The number of aromatic carboxylic acids is 1. The number of hydrogen-bond donors (Lipinski definition) is 1. The van der Waals surface area contributed by atoms with Crippen molar-refractivity contribution in [1.29, 1.82) is 0 Å². The molecule has 0 spiro atoms. The van der Waals surface area contributed by atoms with Crippen LogP contribution in [-0.2, 0) is 4.79 Å². The molecule has 2 heterocycles. The standard InChI is InChI=1S/C12H14N4O5/c1-14-5-2-6-15(7-10(14)17)11-9(16(20)21)4-3-8(13-11)12(18)19/h3-4H,2,5-7H2,1H3,(H,18,19). The lowest BCUT2D eigenvalue weighted by Gasteiger charge is -2.20. The van der Waals surface area contributed by atoms with Gasteiger partial charge in [-0.1, -0.05) is 0 Å². The first kappa shape index (κ1) is 14.7. The van der Waals surface area contributed by atoms with E-state index in [2.05, 4.69) is 4.98 Å². The lowest BCUT2D eigenvalue weighted by atomic mass is 10.3. The monoisotopic (exact) mass is 294 g/mol. The third kappa shape index (κ3) is 3.07. The van der Waals surface area contributed by atoms with E-state index in [0.717, 1.165) is 12.1 Å². The van der Waals surface area contributed by atoms with E-state index in [1.54, 1.807) is 7.05 Å². The maximum atomic E-state index is 11.9. The fourth-order valence-corrected chi connectivity index (χ4v) is 2.10. The molecule has 1 N–H and O–H groups in total. The van der Waals surface area contributed by atoms with Gasteiger partial charge in [-0.2, -0.15) is 0 Å². The van der Waals surface area contributed by atoms with Crippen molar-refractivity contribution in [2.75, 3.05) is 31.6 Å². The minimum absolute atomic E-state index is 0.0621. The topological polar surface area (TPSA) is 117 Å². The van der Waals surface area contributed by atoms with Gasteiger partial charge in [0.2, 0.25) is 11.7 Å². The lowest BCUT2D eigenvalue weighted by Crippen LogP contribution is -2.35. The zero-order valence-corrected chi connectivity index (χ0v) is 11.4. The molecule has 112 valence electrons. The van der Waals surface area contributed by atoms with Crippen LogP contribution in [0, 0.1) is 10.1 Å². The third-order valence-corrected chi connectivity index (χ3v) is 3.24. The molecule has 0 aliphatic carbocycles. The molecule has 1 saturated heterocycles. The maximum absolute atomic E-state index is 11.9. The smallest absolute Gasteiger partial charge is 0.354 e. The van der Waals surface area contributed by atoms with Crippen molar-refractivity contribution in [2.24, 2.45) is 0 Å². The Morgan fingerprint density at radius 1 is 1.43 bits per heavy atom. The van der Waals surface area contributed by atoms with E-state index in [4.69, 9.17) is 5.11 Å². The van der Waals surface area contributed by atoms with Gasteiger partial charge in [-0.25, -0.2) is 9.78 Å². The first-order chi connectivity index (χ1) is 9.90. The van der Waals surface area contributed by atoms with Gasteiger partial charge < -0.3 is 14.9 Å². The largest absolute Gasteiger partial charge is 0.477 e. The number of carboxylic acids is 1. The van der Waals surface area contributed by atoms with Crippen LogP contribution in [0.15, 0.2) is 12.1 Å². The Balaban J connectivity index is 2.44. The average Bonchev–Trinajstić information content (AvgIpc) is 2.60. The highest BCUT2D eigenvalue weighted by Crippen LogP contribution is 2.27. The third-order valence-electron chi connectivity index (χ3n) is 3.24. The van der Waals surface area contributed by atoms with Crippen molar-refractivity contribution in [3.8, 4) is 0 Å². The molecule has 1 fully saturated rings. The lowest BCUT2D eigenvalue weighted by molar-refractivity contribution is -0.384. The Hall–Kier alpha value is -2.71. The second kappa shape index (κ2) is 5.73. The van der Waals surface area contributed by atoms with E-state index in [1.807, 2.05) is 0 Å². The number of aromatic nitrogens is 1. The molecule has 1 aliphatic heterocycles. The summed E-state index contributed by atoms with van der Waals surface area (Å²) in [7, 11) is 1.65. The summed E-state index contributed by atoms with van der Waals surface area (Å²) < 4.78 is 0. The normalized spacial score (nSPS) is 15.8. The van der Waals surface area contributed by atoms with Crippen LogP contribution < -0.4 is 4.90 Å². The number of anilines is 1. The van der Waals surface area contributed by atoms with Crippen molar-refractivity contribution in [2.45, 2.75) is 6.42 Å². The highest BCUT2D eigenvalue weighted by Gasteiger charge is 2.27. The molecular weight excluding hydrogens is 280 g/mol. The summed E-state index contributed by atoms with van der Waals surface area (Å²) >= 11 is 0. The van der Waals surface area contributed by atoms with Gasteiger partial charge >= 0.3 is 11.7 Å². The first-order valence-electron chi connectivity index (χ1n) is 6.28. The van der Waals surface area contributed by atoms with E-state index in [1.165, 1.54) is 9.80 Å². The predicted octanol–water partition coefficient (Wildman–Crippen LogP) is 0.356.